The van der Waals surface area contributed by atoms with Gasteiger partial charge in [-0.25, -0.2) is 4.79 Å². The lowest BCUT2D eigenvalue weighted by atomic mass is 10.2. The van der Waals surface area contributed by atoms with Gasteiger partial charge in [-0.3, -0.25) is 14.6 Å². The molecule has 1 atom stereocenters. The van der Waals surface area contributed by atoms with Crippen LogP contribution in [0, 0.1) is 0 Å². The van der Waals surface area contributed by atoms with Gasteiger partial charge in [0.2, 0.25) is 0 Å². The van der Waals surface area contributed by atoms with Gasteiger partial charge in [0.15, 0.2) is 0 Å². The van der Waals surface area contributed by atoms with E-state index in [1.165, 1.54) is 31.5 Å². The summed E-state index contributed by atoms with van der Waals surface area (Å²) in [5, 5.41) is 17.6. The van der Waals surface area contributed by atoms with Crippen molar-refractivity contribution in [2.24, 2.45) is 0 Å². The van der Waals surface area contributed by atoms with Crippen LogP contribution in [0.15, 0.2) is 24.5 Å². The topological polar surface area (TPSA) is 108 Å². The van der Waals surface area contributed by atoms with Crippen molar-refractivity contribution in [2.75, 3.05) is 6.54 Å². The molecular weight excluding hydrogens is 252 g/mol. The number of aliphatic carboxylic acids is 2. The number of hydrogen-bond acceptors (Lipinski definition) is 4. The molecule has 2 N–H and O–H groups in total. The molecular formula is C12H14N2O5. The van der Waals surface area contributed by atoms with Crippen LogP contribution >= 0.6 is 0 Å². The van der Waals surface area contributed by atoms with Crippen molar-refractivity contribution in [3.8, 4) is 0 Å². The van der Waals surface area contributed by atoms with E-state index in [9.17, 15) is 14.4 Å². The summed E-state index contributed by atoms with van der Waals surface area (Å²) in [6.45, 7) is 1.17. The normalized spacial score (nSPS) is 11.6. The Balaban J connectivity index is 2.92. The molecule has 1 amide bonds. The van der Waals surface area contributed by atoms with Gasteiger partial charge in [0.25, 0.3) is 5.91 Å². The van der Waals surface area contributed by atoms with Gasteiger partial charge in [0.1, 0.15) is 6.04 Å². The standard InChI is InChI=1S/C12H14N2O5/c1-8(12(18)19)14(7-4-10(15)16)11(17)9-2-5-13-6-3-9/h2-3,5-6,8H,4,7H2,1H3,(H,15,16)(H,18,19). The highest BCUT2D eigenvalue weighted by Crippen LogP contribution is 2.09. The number of carbonyl (C=O) groups is 3. The van der Waals surface area contributed by atoms with Gasteiger partial charge in [-0.1, -0.05) is 0 Å². The van der Waals surface area contributed by atoms with E-state index < -0.39 is 23.9 Å². The molecule has 0 aliphatic heterocycles. The Labute approximate surface area is 109 Å². The summed E-state index contributed by atoms with van der Waals surface area (Å²) >= 11 is 0. The minimum Gasteiger partial charge on any atom is -0.481 e. The first-order chi connectivity index (χ1) is 8.93. The molecule has 0 aliphatic rings. The first-order valence-electron chi connectivity index (χ1n) is 5.59. The molecule has 1 rings (SSSR count). The highest BCUT2D eigenvalue weighted by atomic mass is 16.4. The summed E-state index contributed by atoms with van der Waals surface area (Å²) in [4.78, 5) is 38.5. The van der Waals surface area contributed by atoms with E-state index in [1.54, 1.807) is 0 Å². The van der Waals surface area contributed by atoms with E-state index >= 15 is 0 Å². The third kappa shape index (κ3) is 4.06. The quantitative estimate of drug-likeness (QED) is 0.775. The Morgan fingerprint density at radius 1 is 1.26 bits per heavy atom. The Hall–Kier alpha value is -2.44. The van der Waals surface area contributed by atoms with Gasteiger partial charge < -0.3 is 15.1 Å². The van der Waals surface area contributed by atoms with E-state index in [4.69, 9.17) is 10.2 Å². The van der Waals surface area contributed by atoms with E-state index in [2.05, 4.69) is 4.98 Å². The van der Waals surface area contributed by atoms with Crippen LogP contribution in [0.4, 0.5) is 0 Å². The van der Waals surface area contributed by atoms with Crippen LogP contribution in [-0.4, -0.2) is 50.5 Å². The summed E-state index contributed by atoms with van der Waals surface area (Å²) in [5.41, 5.74) is 0.272. The molecule has 7 nitrogen and oxygen atoms in total. The first kappa shape index (κ1) is 14.6. The average Bonchev–Trinajstić information content (AvgIpc) is 2.39. The maximum atomic E-state index is 12.1. The van der Waals surface area contributed by atoms with E-state index in [0.717, 1.165) is 4.90 Å². The van der Waals surface area contributed by atoms with Crippen molar-refractivity contribution in [2.45, 2.75) is 19.4 Å². The smallest absolute Gasteiger partial charge is 0.326 e. The number of pyridine rings is 1. The number of hydrogen-bond donors (Lipinski definition) is 2. The van der Waals surface area contributed by atoms with Crippen LogP contribution in [0.25, 0.3) is 0 Å². The van der Waals surface area contributed by atoms with Crippen LogP contribution in [0.3, 0.4) is 0 Å². The van der Waals surface area contributed by atoms with Crippen LogP contribution in [0.5, 0.6) is 0 Å². The Morgan fingerprint density at radius 3 is 2.32 bits per heavy atom. The largest absolute Gasteiger partial charge is 0.481 e. The predicted molar refractivity (Wildman–Crippen MR) is 64.6 cm³/mol. The van der Waals surface area contributed by atoms with Crippen molar-refractivity contribution in [1.29, 1.82) is 0 Å². The fourth-order valence-corrected chi connectivity index (χ4v) is 1.48. The monoisotopic (exact) mass is 266 g/mol. The number of amides is 1. The molecule has 1 heterocycles. The lowest BCUT2D eigenvalue weighted by Crippen LogP contribution is -2.44. The average molecular weight is 266 g/mol. The highest BCUT2D eigenvalue weighted by molar-refractivity contribution is 5.96. The molecule has 102 valence electrons. The highest BCUT2D eigenvalue weighted by Gasteiger charge is 2.26. The minimum atomic E-state index is -1.19. The third-order valence-electron chi connectivity index (χ3n) is 2.58. The molecule has 0 fully saturated rings. The number of nitrogens with zero attached hydrogens (tertiary/aromatic N) is 2. The third-order valence-corrected chi connectivity index (χ3v) is 2.58. The van der Waals surface area contributed by atoms with Crippen LogP contribution in [0.1, 0.15) is 23.7 Å². The zero-order valence-electron chi connectivity index (χ0n) is 10.3. The maximum Gasteiger partial charge on any atom is 0.326 e. The SMILES string of the molecule is CC(C(=O)O)N(CCC(=O)O)C(=O)c1ccncc1. The fraction of sp³-hybridized carbons (Fsp3) is 0.333. The van der Waals surface area contributed by atoms with E-state index in [-0.39, 0.29) is 18.5 Å². The van der Waals surface area contributed by atoms with E-state index in [0.29, 0.717) is 0 Å². The number of rotatable bonds is 6. The molecule has 0 saturated heterocycles. The fourth-order valence-electron chi connectivity index (χ4n) is 1.48. The molecule has 7 heteroatoms. The second-order valence-corrected chi connectivity index (χ2v) is 3.89. The van der Waals surface area contributed by atoms with Crippen LogP contribution in [-0.2, 0) is 9.59 Å². The molecule has 0 saturated carbocycles. The number of carboxylic acid groups (broad SMARTS) is 2. The van der Waals surface area contributed by atoms with Crippen molar-refractivity contribution < 1.29 is 24.6 Å². The van der Waals surface area contributed by atoms with Gasteiger partial charge in [-0.2, -0.15) is 0 Å². The summed E-state index contributed by atoms with van der Waals surface area (Å²) in [6, 6.07) is 1.80. The molecule has 0 radical (unpaired) electrons. The predicted octanol–water partition coefficient (Wildman–Crippen LogP) is 0.472. The lowest BCUT2D eigenvalue weighted by Gasteiger charge is -2.25. The maximum absolute atomic E-state index is 12.1. The van der Waals surface area contributed by atoms with Gasteiger partial charge in [0.05, 0.1) is 6.42 Å². The molecule has 19 heavy (non-hydrogen) atoms. The zero-order chi connectivity index (χ0) is 14.4. The van der Waals surface area contributed by atoms with E-state index in [1.807, 2.05) is 0 Å². The Kier molecular flexibility index (Phi) is 4.99. The summed E-state index contributed by atoms with van der Waals surface area (Å²) in [7, 11) is 0. The number of aromatic nitrogens is 1. The molecule has 0 spiro atoms. The van der Waals surface area contributed by atoms with Gasteiger partial charge >= 0.3 is 11.9 Å². The molecule has 0 aromatic carbocycles. The number of carboxylic acids is 2. The van der Waals surface area contributed by atoms with Gasteiger partial charge in [-0.15, -0.1) is 0 Å². The first-order valence-corrected chi connectivity index (χ1v) is 5.59. The Bertz CT molecular complexity index is 474. The molecule has 0 bridgehead atoms. The van der Waals surface area contributed by atoms with Gasteiger partial charge in [-0.05, 0) is 19.1 Å². The van der Waals surface area contributed by atoms with Crippen LogP contribution in [0.2, 0.25) is 0 Å². The zero-order valence-corrected chi connectivity index (χ0v) is 10.3. The van der Waals surface area contributed by atoms with Crippen molar-refractivity contribution >= 4 is 17.8 Å². The summed E-state index contributed by atoms with van der Waals surface area (Å²) in [5.74, 6) is -2.81. The second kappa shape index (κ2) is 6.48. The molecule has 1 aromatic rings. The molecule has 1 unspecified atom stereocenters. The lowest BCUT2D eigenvalue weighted by molar-refractivity contribution is -0.143. The summed E-state index contributed by atoms with van der Waals surface area (Å²) < 4.78 is 0. The summed E-state index contributed by atoms with van der Waals surface area (Å²) in [6.07, 6.45) is 2.51. The second-order valence-electron chi connectivity index (χ2n) is 3.89. The van der Waals surface area contributed by atoms with Crippen molar-refractivity contribution in [3.63, 3.8) is 0 Å². The molecule has 0 aliphatic carbocycles. The van der Waals surface area contributed by atoms with Crippen molar-refractivity contribution in [3.05, 3.63) is 30.1 Å². The Morgan fingerprint density at radius 2 is 1.84 bits per heavy atom. The number of carbonyl (C=O) groups excluding carboxylic acids is 1. The minimum absolute atomic E-state index is 0.163. The van der Waals surface area contributed by atoms with Crippen LogP contribution < -0.4 is 0 Å². The van der Waals surface area contributed by atoms with Crippen molar-refractivity contribution in [1.82, 2.24) is 9.88 Å². The van der Waals surface area contributed by atoms with Gasteiger partial charge in [0, 0.05) is 24.5 Å². The molecule has 1 aromatic heterocycles.